The van der Waals surface area contributed by atoms with Crippen LogP contribution < -0.4 is 9.47 Å². The average molecular weight is 523 g/mol. The van der Waals surface area contributed by atoms with E-state index in [0.29, 0.717) is 18.6 Å². The molecule has 3 aromatic carbocycles. The van der Waals surface area contributed by atoms with Crippen molar-refractivity contribution in [3.8, 4) is 11.5 Å². The van der Waals surface area contributed by atoms with Crippen LogP contribution in [0.15, 0.2) is 89.9 Å². The minimum atomic E-state index is -0.566. The van der Waals surface area contributed by atoms with Gasteiger partial charge in [-0.2, -0.15) is 0 Å². The summed E-state index contributed by atoms with van der Waals surface area (Å²) >= 11 is 0. The summed E-state index contributed by atoms with van der Waals surface area (Å²) in [4.78, 5) is 12.8. The van der Waals surface area contributed by atoms with E-state index in [0.717, 1.165) is 46.6 Å². The summed E-state index contributed by atoms with van der Waals surface area (Å²) in [6.07, 6.45) is 6.26. The van der Waals surface area contributed by atoms with Crippen LogP contribution in [-0.2, 0) is 29.0 Å². The molecule has 0 radical (unpaired) electrons. The number of carbonyl (C=O) groups is 1. The molecule has 0 spiro atoms. The van der Waals surface area contributed by atoms with E-state index in [2.05, 4.69) is 33.8 Å². The zero-order chi connectivity index (χ0) is 27.6. The van der Waals surface area contributed by atoms with Gasteiger partial charge in [-0.25, -0.2) is 4.79 Å². The number of esters is 1. The van der Waals surface area contributed by atoms with Crippen LogP contribution in [-0.4, -0.2) is 16.7 Å². The quantitative estimate of drug-likeness (QED) is 0.254. The van der Waals surface area contributed by atoms with Crippen molar-refractivity contribution in [3.63, 3.8) is 0 Å². The van der Waals surface area contributed by atoms with Crippen LogP contribution in [0.2, 0.25) is 0 Å². The Morgan fingerprint density at radius 1 is 1.05 bits per heavy atom. The fourth-order valence-corrected chi connectivity index (χ4v) is 4.78. The Morgan fingerprint density at radius 3 is 2.62 bits per heavy atom. The summed E-state index contributed by atoms with van der Waals surface area (Å²) in [6, 6.07) is 21.4. The summed E-state index contributed by atoms with van der Waals surface area (Å²) in [5, 5.41) is 11.0. The molecular weight excluding hydrogens is 488 g/mol. The van der Waals surface area contributed by atoms with Crippen molar-refractivity contribution < 1.29 is 24.1 Å². The van der Waals surface area contributed by atoms with Crippen LogP contribution in [0.3, 0.4) is 0 Å². The molecule has 3 aromatic rings. The molecule has 0 atom stereocenters. The molecule has 0 amide bonds. The first kappa shape index (κ1) is 26.4. The highest BCUT2D eigenvalue weighted by atomic mass is 16.6. The summed E-state index contributed by atoms with van der Waals surface area (Å²) < 4.78 is 17.7. The van der Waals surface area contributed by atoms with E-state index in [-0.39, 0.29) is 22.7 Å². The van der Waals surface area contributed by atoms with E-state index in [4.69, 9.17) is 14.2 Å². The lowest BCUT2D eigenvalue weighted by Gasteiger charge is -2.32. The maximum atomic E-state index is 12.8. The Kier molecular flexibility index (Phi) is 7.34. The van der Waals surface area contributed by atoms with Crippen molar-refractivity contribution in [2.45, 2.75) is 59.2 Å². The summed E-state index contributed by atoms with van der Waals surface area (Å²) in [5.41, 5.74) is 5.70. The molecule has 0 unspecified atom stereocenters. The van der Waals surface area contributed by atoms with Gasteiger partial charge in [0.05, 0.1) is 0 Å². The molecule has 39 heavy (non-hydrogen) atoms. The standard InChI is InChI=1S/C34H34O5/c1-22(2)10-12-25-18-24(11-14-28(25)37-21-23-8-6-5-7-9-23)19-30-32(35)31(33(36)38-30)27-13-15-29-26(20-27)16-17-34(3,4)39-29/h5-11,13-15,18-20,35H,12,16-17,21H2,1-4H3/b30-19-. The molecule has 2 heterocycles. The Morgan fingerprint density at radius 2 is 1.85 bits per heavy atom. The number of fused-ring (bicyclic) bond motifs is 1. The number of aliphatic hydroxyl groups excluding tert-OH is 1. The summed E-state index contributed by atoms with van der Waals surface area (Å²) in [7, 11) is 0. The predicted molar refractivity (Wildman–Crippen MR) is 153 cm³/mol. The van der Waals surface area contributed by atoms with Gasteiger partial charge < -0.3 is 19.3 Å². The fraction of sp³-hybridized carbons (Fsp3) is 0.265. The van der Waals surface area contributed by atoms with Gasteiger partial charge in [0.15, 0.2) is 11.5 Å². The molecule has 5 nitrogen and oxygen atoms in total. The molecule has 0 saturated heterocycles. The number of rotatable bonds is 7. The molecule has 200 valence electrons. The van der Waals surface area contributed by atoms with Crippen molar-refractivity contribution >= 4 is 17.6 Å². The topological polar surface area (TPSA) is 65.0 Å². The first-order valence-corrected chi connectivity index (χ1v) is 13.3. The normalized spacial score (nSPS) is 16.9. The highest BCUT2D eigenvalue weighted by Gasteiger charge is 2.33. The first-order chi connectivity index (χ1) is 18.7. The smallest absolute Gasteiger partial charge is 0.348 e. The van der Waals surface area contributed by atoms with Gasteiger partial charge in [-0.3, -0.25) is 0 Å². The number of cyclic esters (lactones) is 1. The van der Waals surface area contributed by atoms with Crippen molar-refractivity contribution in [1.82, 2.24) is 0 Å². The average Bonchev–Trinajstić information content (AvgIpc) is 3.18. The maximum absolute atomic E-state index is 12.8. The van der Waals surface area contributed by atoms with E-state index in [1.165, 1.54) is 5.57 Å². The van der Waals surface area contributed by atoms with Gasteiger partial charge in [0.1, 0.15) is 29.3 Å². The minimum absolute atomic E-state index is 0.135. The van der Waals surface area contributed by atoms with E-state index in [1.54, 1.807) is 12.1 Å². The third-order valence-corrected chi connectivity index (χ3v) is 6.96. The predicted octanol–water partition coefficient (Wildman–Crippen LogP) is 7.74. The van der Waals surface area contributed by atoms with Crippen LogP contribution in [0.1, 0.15) is 61.9 Å². The number of aryl methyl sites for hydroxylation is 1. The van der Waals surface area contributed by atoms with Gasteiger partial charge in [0, 0.05) is 0 Å². The van der Waals surface area contributed by atoms with Crippen LogP contribution in [0, 0.1) is 0 Å². The molecule has 0 fully saturated rings. The van der Waals surface area contributed by atoms with Gasteiger partial charge in [-0.1, -0.05) is 54.1 Å². The summed E-state index contributed by atoms with van der Waals surface area (Å²) in [5.74, 6) is 1.02. The highest BCUT2D eigenvalue weighted by molar-refractivity contribution is 6.21. The molecule has 5 rings (SSSR count). The molecule has 0 aliphatic carbocycles. The van der Waals surface area contributed by atoms with Crippen molar-refractivity contribution in [2.24, 2.45) is 0 Å². The van der Waals surface area contributed by atoms with Crippen molar-refractivity contribution in [1.29, 1.82) is 0 Å². The van der Waals surface area contributed by atoms with Crippen molar-refractivity contribution in [2.75, 3.05) is 0 Å². The molecule has 1 N–H and O–H groups in total. The second kappa shape index (κ2) is 10.9. The largest absolute Gasteiger partial charge is 0.504 e. The number of benzene rings is 3. The molecule has 0 aromatic heterocycles. The zero-order valence-electron chi connectivity index (χ0n) is 22.9. The molecular formula is C34H34O5. The van der Waals surface area contributed by atoms with E-state index in [9.17, 15) is 9.90 Å². The third kappa shape index (κ3) is 6.09. The van der Waals surface area contributed by atoms with Gasteiger partial charge in [-0.05, 0) is 105 Å². The number of carbonyl (C=O) groups excluding carboxylic acids is 1. The lowest BCUT2D eigenvalue weighted by atomic mass is 9.92. The SMILES string of the molecule is CC(C)=CCc1cc(/C=C2\OC(=O)C(c3ccc4c(c3)CCC(C)(C)O4)=C2O)ccc1OCc1ccccc1. The fourth-order valence-electron chi connectivity index (χ4n) is 4.78. The monoisotopic (exact) mass is 522 g/mol. The Hall–Kier alpha value is -4.25. The number of aliphatic hydroxyl groups is 1. The lowest BCUT2D eigenvalue weighted by Crippen LogP contribution is -2.32. The lowest BCUT2D eigenvalue weighted by molar-refractivity contribution is -0.131. The molecule has 0 bridgehead atoms. The number of hydrogen-bond donors (Lipinski definition) is 1. The second-order valence-electron chi connectivity index (χ2n) is 10.9. The first-order valence-electron chi connectivity index (χ1n) is 13.3. The number of ether oxygens (including phenoxy) is 3. The number of allylic oxidation sites excluding steroid dienone is 2. The Bertz CT molecular complexity index is 1490. The second-order valence-corrected chi connectivity index (χ2v) is 10.9. The van der Waals surface area contributed by atoms with Crippen LogP contribution in [0.4, 0.5) is 0 Å². The molecule has 2 aliphatic heterocycles. The van der Waals surface area contributed by atoms with Crippen molar-refractivity contribution in [3.05, 3.63) is 118 Å². The van der Waals surface area contributed by atoms with Gasteiger partial charge in [0.25, 0.3) is 0 Å². The molecule has 2 aliphatic rings. The molecule has 5 heteroatoms. The molecule has 0 saturated carbocycles. The van der Waals surface area contributed by atoms with Gasteiger partial charge >= 0.3 is 5.97 Å². The Balaban J connectivity index is 1.42. The van der Waals surface area contributed by atoms with Crippen LogP contribution >= 0.6 is 0 Å². The van der Waals surface area contributed by atoms with Gasteiger partial charge in [0.2, 0.25) is 0 Å². The maximum Gasteiger partial charge on any atom is 0.348 e. The van der Waals surface area contributed by atoms with Crippen LogP contribution in [0.5, 0.6) is 11.5 Å². The summed E-state index contributed by atoms with van der Waals surface area (Å²) in [6.45, 7) is 8.73. The number of hydrogen-bond acceptors (Lipinski definition) is 5. The zero-order valence-corrected chi connectivity index (χ0v) is 22.9. The highest BCUT2D eigenvalue weighted by Crippen LogP contribution is 2.38. The van der Waals surface area contributed by atoms with Gasteiger partial charge in [-0.15, -0.1) is 0 Å². The third-order valence-electron chi connectivity index (χ3n) is 6.96. The van der Waals surface area contributed by atoms with E-state index < -0.39 is 5.97 Å². The Labute approximate surface area is 230 Å². The van der Waals surface area contributed by atoms with E-state index >= 15 is 0 Å². The van der Waals surface area contributed by atoms with Crippen LogP contribution in [0.25, 0.3) is 11.6 Å². The van der Waals surface area contributed by atoms with E-state index in [1.807, 2.05) is 60.7 Å². The minimum Gasteiger partial charge on any atom is -0.504 e.